The van der Waals surface area contributed by atoms with Gasteiger partial charge in [0, 0.05) is 10.6 Å². The summed E-state index contributed by atoms with van der Waals surface area (Å²) >= 11 is 0.401. The van der Waals surface area contributed by atoms with Crippen LogP contribution in [0.25, 0.3) is 0 Å². The first-order chi connectivity index (χ1) is 14.6. The SMILES string of the molecule is CC(C)c1ccc(C2(C)NC(=O)N(CC(=O)Nc3ccc(SC(F)F)cc3)C2=O)cc1. The molecule has 2 aromatic rings. The molecular formula is C22H23F2N3O3S. The van der Waals surface area contributed by atoms with E-state index >= 15 is 0 Å². The Morgan fingerprint density at radius 2 is 1.71 bits per heavy atom. The molecule has 2 aromatic carbocycles. The summed E-state index contributed by atoms with van der Waals surface area (Å²) < 4.78 is 24.8. The summed E-state index contributed by atoms with van der Waals surface area (Å²) in [5.74, 6) is -3.29. The Morgan fingerprint density at radius 3 is 2.26 bits per heavy atom. The molecule has 2 N–H and O–H groups in total. The van der Waals surface area contributed by atoms with Gasteiger partial charge in [0.1, 0.15) is 12.1 Å². The number of urea groups is 1. The fourth-order valence-corrected chi connectivity index (χ4v) is 3.80. The molecule has 1 saturated heterocycles. The zero-order valence-corrected chi connectivity index (χ0v) is 18.1. The third kappa shape index (κ3) is 5.04. The summed E-state index contributed by atoms with van der Waals surface area (Å²) in [6.45, 7) is 5.27. The lowest BCUT2D eigenvalue weighted by Gasteiger charge is -2.22. The van der Waals surface area contributed by atoms with Crippen molar-refractivity contribution in [1.29, 1.82) is 0 Å². The maximum absolute atomic E-state index is 13.0. The number of halogens is 2. The quantitative estimate of drug-likeness (QED) is 0.483. The van der Waals surface area contributed by atoms with E-state index in [1.807, 2.05) is 12.1 Å². The van der Waals surface area contributed by atoms with Gasteiger partial charge in [0.05, 0.1) is 0 Å². The summed E-state index contributed by atoms with van der Waals surface area (Å²) in [5.41, 5.74) is 0.854. The summed E-state index contributed by atoms with van der Waals surface area (Å²) in [6, 6.07) is 12.7. The van der Waals surface area contributed by atoms with Crippen molar-refractivity contribution in [2.45, 2.75) is 42.9 Å². The van der Waals surface area contributed by atoms with E-state index in [1.165, 1.54) is 24.3 Å². The summed E-state index contributed by atoms with van der Waals surface area (Å²) in [6.07, 6.45) is 0. The highest BCUT2D eigenvalue weighted by Gasteiger charge is 2.49. The molecule has 0 bridgehead atoms. The Morgan fingerprint density at radius 1 is 1.10 bits per heavy atom. The topological polar surface area (TPSA) is 78.5 Å². The number of imide groups is 1. The van der Waals surface area contributed by atoms with Gasteiger partial charge in [0.25, 0.3) is 11.7 Å². The molecule has 31 heavy (non-hydrogen) atoms. The monoisotopic (exact) mass is 447 g/mol. The molecule has 6 nitrogen and oxygen atoms in total. The number of rotatable bonds is 7. The number of amides is 4. The van der Waals surface area contributed by atoms with E-state index in [2.05, 4.69) is 24.5 Å². The number of nitrogens with one attached hydrogen (secondary N) is 2. The molecule has 164 valence electrons. The number of hydrogen-bond acceptors (Lipinski definition) is 4. The average molecular weight is 448 g/mol. The minimum absolute atomic E-state index is 0.332. The molecular weight excluding hydrogens is 424 g/mol. The number of benzene rings is 2. The number of hydrogen-bond donors (Lipinski definition) is 2. The molecule has 1 atom stereocenters. The fraction of sp³-hybridized carbons (Fsp3) is 0.318. The van der Waals surface area contributed by atoms with Gasteiger partial charge in [0.2, 0.25) is 5.91 Å². The van der Waals surface area contributed by atoms with Crippen molar-refractivity contribution in [3.05, 3.63) is 59.7 Å². The second kappa shape index (κ2) is 9.05. The van der Waals surface area contributed by atoms with Crippen LogP contribution in [0.2, 0.25) is 0 Å². The van der Waals surface area contributed by atoms with E-state index in [0.29, 0.717) is 33.8 Å². The maximum Gasteiger partial charge on any atom is 0.325 e. The molecule has 0 aliphatic carbocycles. The van der Waals surface area contributed by atoms with Gasteiger partial charge in [-0.2, -0.15) is 8.78 Å². The maximum atomic E-state index is 13.0. The van der Waals surface area contributed by atoms with Crippen molar-refractivity contribution in [2.24, 2.45) is 0 Å². The molecule has 1 aliphatic heterocycles. The molecule has 9 heteroatoms. The standard InChI is InChI=1S/C22H23F2N3O3S/c1-13(2)14-4-6-15(7-5-14)22(3)19(29)27(21(30)26-22)12-18(28)25-16-8-10-17(11-9-16)31-20(23)24/h4-11,13,20H,12H2,1-3H3,(H,25,28)(H,26,30). The van der Waals surface area contributed by atoms with Crippen molar-refractivity contribution in [1.82, 2.24) is 10.2 Å². The summed E-state index contributed by atoms with van der Waals surface area (Å²) in [7, 11) is 0. The van der Waals surface area contributed by atoms with Crippen LogP contribution in [0.15, 0.2) is 53.4 Å². The van der Waals surface area contributed by atoms with E-state index in [1.54, 1.807) is 19.1 Å². The van der Waals surface area contributed by atoms with Gasteiger partial charge in [-0.25, -0.2) is 4.79 Å². The van der Waals surface area contributed by atoms with Crippen LogP contribution in [0.5, 0.6) is 0 Å². The molecule has 0 saturated carbocycles. The molecule has 0 radical (unpaired) electrons. The van der Waals surface area contributed by atoms with Crippen LogP contribution < -0.4 is 10.6 Å². The smallest absolute Gasteiger partial charge is 0.325 e. The van der Waals surface area contributed by atoms with Gasteiger partial charge in [-0.3, -0.25) is 14.5 Å². The zero-order valence-electron chi connectivity index (χ0n) is 17.3. The molecule has 1 heterocycles. The number of carbonyl (C=O) groups is 3. The molecule has 1 fully saturated rings. The van der Waals surface area contributed by atoms with E-state index in [0.717, 1.165) is 10.5 Å². The third-order valence-corrected chi connectivity index (χ3v) is 5.82. The predicted octanol–water partition coefficient (Wildman–Crippen LogP) is 4.53. The lowest BCUT2D eigenvalue weighted by Crippen LogP contribution is -2.42. The first-order valence-electron chi connectivity index (χ1n) is 9.69. The van der Waals surface area contributed by atoms with Crippen molar-refractivity contribution in [2.75, 3.05) is 11.9 Å². The van der Waals surface area contributed by atoms with Gasteiger partial charge in [-0.15, -0.1) is 0 Å². The van der Waals surface area contributed by atoms with E-state index < -0.39 is 35.7 Å². The fourth-order valence-electron chi connectivity index (χ4n) is 3.30. The number of nitrogens with zero attached hydrogens (tertiary/aromatic N) is 1. The summed E-state index contributed by atoms with van der Waals surface area (Å²) in [5, 5.41) is 5.24. The van der Waals surface area contributed by atoms with E-state index in [-0.39, 0.29) is 0 Å². The van der Waals surface area contributed by atoms with Gasteiger partial charge in [-0.05, 0) is 48.2 Å². The Bertz CT molecular complexity index is 981. The van der Waals surface area contributed by atoms with Crippen LogP contribution in [-0.2, 0) is 15.1 Å². The highest BCUT2D eigenvalue weighted by molar-refractivity contribution is 7.99. The van der Waals surface area contributed by atoms with Crippen molar-refractivity contribution in [3.63, 3.8) is 0 Å². The van der Waals surface area contributed by atoms with Crippen LogP contribution in [0.1, 0.15) is 37.8 Å². The predicted molar refractivity (Wildman–Crippen MR) is 115 cm³/mol. The number of alkyl halides is 2. The molecule has 3 rings (SSSR count). The molecule has 0 aromatic heterocycles. The van der Waals surface area contributed by atoms with Gasteiger partial charge < -0.3 is 10.6 Å². The van der Waals surface area contributed by atoms with E-state index in [4.69, 9.17) is 0 Å². The zero-order chi connectivity index (χ0) is 22.8. The number of anilines is 1. The highest BCUT2D eigenvalue weighted by Crippen LogP contribution is 2.30. The van der Waals surface area contributed by atoms with Gasteiger partial charge in [0.15, 0.2) is 0 Å². The number of thioether (sulfide) groups is 1. The molecule has 1 unspecified atom stereocenters. The third-order valence-electron chi connectivity index (χ3n) is 5.09. The van der Waals surface area contributed by atoms with Crippen LogP contribution in [-0.4, -0.2) is 35.0 Å². The Balaban J connectivity index is 1.67. The normalized spacial score (nSPS) is 18.6. The highest BCUT2D eigenvalue weighted by atomic mass is 32.2. The van der Waals surface area contributed by atoms with Crippen molar-refractivity contribution < 1.29 is 23.2 Å². The molecule has 4 amide bonds. The Labute approximate surface area is 183 Å². The first kappa shape index (κ1) is 22.7. The minimum atomic E-state index is -2.53. The van der Waals surface area contributed by atoms with Gasteiger partial charge in [-0.1, -0.05) is 49.9 Å². The van der Waals surface area contributed by atoms with Crippen LogP contribution in [0, 0.1) is 0 Å². The Kier molecular flexibility index (Phi) is 6.64. The minimum Gasteiger partial charge on any atom is -0.325 e. The summed E-state index contributed by atoms with van der Waals surface area (Å²) in [4.78, 5) is 39.0. The van der Waals surface area contributed by atoms with Crippen LogP contribution in [0.3, 0.4) is 0 Å². The number of carbonyl (C=O) groups excluding carboxylic acids is 3. The molecule has 1 aliphatic rings. The molecule has 0 spiro atoms. The first-order valence-corrected chi connectivity index (χ1v) is 10.6. The second-order valence-electron chi connectivity index (χ2n) is 7.67. The largest absolute Gasteiger partial charge is 0.325 e. The van der Waals surface area contributed by atoms with Crippen molar-refractivity contribution in [3.8, 4) is 0 Å². The van der Waals surface area contributed by atoms with E-state index in [9.17, 15) is 23.2 Å². The average Bonchev–Trinajstić information content (AvgIpc) is 2.93. The van der Waals surface area contributed by atoms with Gasteiger partial charge >= 0.3 is 6.03 Å². The van der Waals surface area contributed by atoms with Crippen molar-refractivity contribution >= 4 is 35.3 Å². The lowest BCUT2D eigenvalue weighted by molar-refractivity contribution is -0.133. The van der Waals surface area contributed by atoms with Crippen LogP contribution >= 0.6 is 11.8 Å². The Hall–Kier alpha value is -2.94. The lowest BCUT2D eigenvalue weighted by atomic mass is 9.90. The van der Waals surface area contributed by atoms with Crippen LogP contribution in [0.4, 0.5) is 19.3 Å². The second-order valence-corrected chi connectivity index (χ2v) is 8.74.